The van der Waals surface area contributed by atoms with Gasteiger partial charge in [0.25, 0.3) is 0 Å². The zero-order valence-electron chi connectivity index (χ0n) is 9.39. The van der Waals surface area contributed by atoms with Crippen LogP contribution in [0.5, 0.6) is 5.75 Å². The van der Waals surface area contributed by atoms with Crippen LogP contribution in [0.4, 0.5) is 5.69 Å². The Balaban J connectivity index is 1.96. The molecular formula is C13H18N2O. The van der Waals surface area contributed by atoms with Crippen LogP contribution in [0.2, 0.25) is 0 Å². The monoisotopic (exact) mass is 218 g/mol. The second kappa shape index (κ2) is 3.67. The summed E-state index contributed by atoms with van der Waals surface area (Å²) in [5.41, 5.74) is 8.61. The van der Waals surface area contributed by atoms with Gasteiger partial charge in [0.2, 0.25) is 0 Å². The van der Waals surface area contributed by atoms with E-state index in [-0.39, 0.29) is 0 Å². The number of aryl methyl sites for hydroxylation is 1. The van der Waals surface area contributed by atoms with E-state index in [4.69, 9.17) is 5.73 Å². The summed E-state index contributed by atoms with van der Waals surface area (Å²) >= 11 is 0. The Morgan fingerprint density at radius 3 is 3.06 bits per heavy atom. The Labute approximate surface area is 95.9 Å². The molecule has 86 valence electrons. The maximum atomic E-state index is 9.58. The molecule has 1 aromatic rings. The molecule has 2 unspecified atom stereocenters. The number of rotatable bonds is 0. The molecule has 2 heterocycles. The van der Waals surface area contributed by atoms with E-state index >= 15 is 0 Å². The average molecular weight is 218 g/mol. The zero-order valence-corrected chi connectivity index (χ0v) is 9.39. The van der Waals surface area contributed by atoms with Crippen LogP contribution in [0.25, 0.3) is 0 Å². The molecule has 16 heavy (non-hydrogen) atoms. The molecule has 3 rings (SSSR count). The van der Waals surface area contributed by atoms with Gasteiger partial charge in [-0.1, -0.05) is 6.07 Å². The number of aromatic hydroxyl groups is 1. The molecule has 3 heteroatoms. The van der Waals surface area contributed by atoms with E-state index < -0.39 is 0 Å². The van der Waals surface area contributed by atoms with Crippen LogP contribution in [0, 0.1) is 0 Å². The van der Waals surface area contributed by atoms with Gasteiger partial charge in [0.15, 0.2) is 0 Å². The fourth-order valence-electron chi connectivity index (χ4n) is 3.03. The summed E-state index contributed by atoms with van der Waals surface area (Å²) in [5, 5.41) is 9.58. The Morgan fingerprint density at radius 1 is 1.31 bits per heavy atom. The molecule has 2 aliphatic heterocycles. The van der Waals surface area contributed by atoms with Gasteiger partial charge < -0.3 is 15.7 Å². The van der Waals surface area contributed by atoms with Crippen molar-refractivity contribution in [3.8, 4) is 5.75 Å². The number of nitrogens with zero attached hydrogens (tertiary/aromatic N) is 1. The molecule has 1 aromatic carbocycles. The van der Waals surface area contributed by atoms with Crippen LogP contribution >= 0.6 is 0 Å². The molecule has 1 fully saturated rings. The first kappa shape index (κ1) is 9.97. The fraction of sp³-hybridized carbons (Fsp3) is 0.538. The SMILES string of the molecule is NC1CCN2c3cc(O)ccc3CCC2C1. The summed E-state index contributed by atoms with van der Waals surface area (Å²) in [6, 6.07) is 6.68. The highest BCUT2D eigenvalue weighted by Crippen LogP contribution is 2.36. The average Bonchev–Trinajstić information content (AvgIpc) is 2.28. The van der Waals surface area contributed by atoms with E-state index in [0.29, 0.717) is 17.8 Å². The van der Waals surface area contributed by atoms with Crippen molar-refractivity contribution in [1.82, 2.24) is 0 Å². The van der Waals surface area contributed by atoms with E-state index in [9.17, 15) is 5.11 Å². The lowest BCUT2D eigenvalue weighted by atomic mass is 9.87. The van der Waals surface area contributed by atoms with Crippen molar-refractivity contribution in [1.29, 1.82) is 0 Å². The molecule has 0 bridgehead atoms. The predicted molar refractivity (Wildman–Crippen MR) is 64.8 cm³/mol. The van der Waals surface area contributed by atoms with Gasteiger partial charge in [-0.3, -0.25) is 0 Å². The number of hydrogen-bond donors (Lipinski definition) is 2. The molecule has 0 saturated carbocycles. The van der Waals surface area contributed by atoms with Crippen LogP contribution in [-0.2, 0) is 6.42 Å². The van der Waals surface area contributed by atoms with Crippen LogP contribution in [0.15, 0.2) is 18.2 Å². The van der Waals surface area contributed by atoms with Gasteiger partial charge in [0, 0.05) is 30.4 Å². The first-order valence-electron chi connectivity index (χ1n) is 6.08. The highest BCUT2D eigenvalue weighted by molar-refractivity contribution is 5.59. The Kier molecular flexibility index (Phi) is 2.28. The summed E-state index contributed by atoms with van der Waals surface area (Å²) in [5.74, 6) is 0.370. The largest absolute Gasteiger partial charge is 0.508 e. The minimum absolute atomic E-state index is 0.361. The quantitative estimate of drug-likeness (QED) is 0.696. The van der Waals surface area contributed by atoms with Gasteiger partial charge in [-0.05, 0) is 37.3 Å². The lowest BCUT2D eigenvalue weighted by Gasteiger charge is -2.44. The lowest BCUT2D eigenvalue weighted by molar-refractivity contribution is 0.383. The minimum Gasteiger partial charge on any atom is -0.508 e. The molecular weight excluding hydrogens is 200 g/mol. The number of anilines is 1. The maximum absolute atomic E-state index is 9.58. The maximum Gasteiger partial charge on any atom is 0.117 e. The van der Waals surface area contributed by atoms with E-state index in [1.54, 1.807) is 6.07 Å². The third kappa shape index (κ3) is 1.55. The van der Waals surface area contributed by atoms with Crippen molar-refractivity contribution in [3.05, 3.63) is 23.8 Å². The van der Waals surface area contributed by atoms with Gasteiger partial charge in [-0.25, -0.2) is 0 Å². The molecule has 0 aromatic heterocycles. The second-order valence-corrected chi connectivity index (χ2v) is 4.98. The van der Waals surface area contributed by atoms with Gasteiger partial charge >= 0.3 is 0 Å². The topological polar surface area (TPSA) is 49.5 Å². The lowest BCUT2D eigenvalue weighted by Crippen LogP contribution is -2.49. The number of benzene rings is 1. The molecule has 0 aliphatic carbocycles. The molecule has 2 aliphatic rings. The molecule has 0 spiro atoms. The minimum atomic E-state index is 0.361. The third-order valence-corrected chi connectivity index (χ3v) is 3.88. The summed E-state index contributed by atoms with van der Waals surface area (Å²) in [7, 11) is 0. The summed E-state index contributed by atoms with van der Waals surface area (Å²) in [6.07, 6.45) is 4.47. The normalized spacial score (nSPS) is 28.4. The van der Waals surface area contributed by atoms with E-state index in [2.05, 4.69) is 11.0 Å². The highest BCUT2D eigenvalue weighted by Gasteiger charge is 2.31. The first-order chi connectivity index (χ1) is 7.74. The summed E-state index contributed by atoms with van der Waals surface area (Å²) < 4.78 is 0. The second-order valence-electron chi connectivity index (χ2n) is 4.98. The first-order valence-corrected chi connectivity index (χ1v) is 6.08. The van der Waals surface area contributed by atoms with Crippen LogP contribution < -0.4 is 10.6 Å². The molecule has 2 atom stereocenters. The van der Waals surface area contributed by atoms with E-state index in [1.807, 2.05) is 6.07 Å². The van der Waals surface area contributed by atoms with E-state index in [0.717, 1.165) is 25.8 Å². The van der Waals surface area contributed by atoms with Crippen molar-refractivity contribution in [2.24, 2.45) is 5.73 Å². The van der Waals surface area contributed by atoms with Gasteiger partial charge in [-0.15, -0.1) is 0 Å². The molecule has 3 N–H and O–H groups in total. The number of fused-ring (bicyclic) bond motifs is 3. The van der Waals surface area contributed by atoms with Gasteiger partial charge in [0.05, 0.1) is 0 Å². The number of phenols is 1. The van der Waals surface area contributed by atoms with Gasteiger partial charge in [-0.2, -0.15) is 0 Å². The summed E-state index contributed by atoms with van der Waals surface area (Å²) in [6.45, 7) is 1.03. The molecule has 3 nitrogen and oxygen atoms in total. The third-order valence-electron chi connectivity index (χ3n) is 3.88. The fourth-order valence-corrected chi connectivity index (χ4v) is 3.03. The van der Waals surface area contributed by atoms with Crippen molar-refractivity contribution >= 4 is 5.69 Å². The van der Waals surface area contributed by atoms with Crippen molar-refractivity contribution in [2.45, 2.75) is 37.8 Å². The molecule has 0 amide bonds. The summed E-state index contributed by atoms with van der Waals surface area (Å²) in [4.78, 5) is 2.43. The van der Waals surface area contributed by atoms with Gasteiger partial charge in [0.1, 0.15) is 5.75 Å². The number of phenolic OH excluding ortho intramolecular Hbond substituents is 1. The van der Waals surface area contributed by atoms with Crippen LogP contribution in [0.1, 0.15) is 24.8 Å². The highest BCUT2D eigenvalue weighted by atomic mass is 16.3. The van der Waals surface area contributed by atoms with Crippen LogP contribution in [-0.4, -0.2) is 23.7 Å². The molecule has 1 saturated heterocycles. The van der Waals surface area contributed by atoms with Crippen LogP contribution in [0.3, 0.4) is 0 Å². The Morgan fingerprint density at radius 2 is 2.19 bits per heavy atom. The van der Waals surface area contributed by atoms with Crippen molar-refractivity contribution in [3.63, 3.8) is 0 Å². The number of nitrogens with two attached hydrogens (primary N) is 1. The van der Waals surface area contributed by atoms with E-state index in [1.165, 1.54) is 17.7 Å². The Hall–Kier alpha value is -1.22. The van der Waals surface area contributed by atoms with Crippen molar-refractivity contribution < 1.29 is 5.11 Å². The Bertz CT molecular complexity index is 405. The smallest absolute Gasteiger partial charge is 0.117 e. The van der Waals surface area contributed by atoms with Crippen molar-refractivity contribution in [2.75, 3.05) is 11.4 Å². The standard InChI is InChI=1S/C13H18N2O/c14-10-5-6-15-11(7-10)3-1-9-2-4-12(16)8-13(9)15/h2,4,8,10-11,16H,1,3,5-7,14H2. The zero-order chi connectivity index (χ0) is 11.1. The number of piperidine rings is 1. The predicted octanol–water partition coefficient (Wildman–Crippen LogP) is 1.63. The molecule has 0 radical (unpaired) electrons. The number of hydrogen-bond acceptors (Lipinski definition) is 3.